The molecule has 3 rings (SSSR count). The van der Waals surface area contributed by atoms with Crippen LogP contribution in [0.15, 0.2) is 28.7 Å². The normalized spacial score (nSPS) is 28.4. The molecule has 1 saturated carbocycles. The highest BCUT2D eigenvalue weighted by atomic mass is 79.9. The van der Waals surface area contributed by atoms with E-state index in [0.29, 0.717) is 13.0 Å². The average molecular weight is 338 g/mol. The number of rotatable bonds is 3. The first-order valence-electron chi connectivity index (χ1n) is 6.86. The number of carbonyl (C=O) groups excluding carboxylic acids is 1. The molecule has 1 aromatic carbocycles. The van der Waals surface area contributed by atoms with Gasteiger partial charge in [-0.15, -0.1) is 0 Å². The van der Waals surface area contributed by atoms with Crippen LogP contribution in [-0.2, 0) is 9.59 Å². The Morgan fingerprint density at radius 3 is 2.85 bits per heavy atom. The summed E-state index contributed by atoms with van der Waals surface area (Å²) in [5.74, 6) is -0.658. The zero-order valence-electron chi connectivity index (χ0n) is 11.0. The lowest BCUT2D eigenvalue weighted by atomic mass is 10.1. The highest BCUT2D eigenvalue weighted by Crippen LogP contribution is 2.49. The Balaban J connectivity index is 1.70. The van der Waals surface area contributed by atoms with Crippen molar-refractivity contribution in [3.05, 3.63) is 34.3 Å². The van der Waals surface area contributed by atoms with E-state index in [1.165, 1.54) is 0 Å². The second-order valence-electron chi connectivity index (χ2n) is 5.53. The Morgan fingerprint density at radius 1 is 1.35 bits per heavy atom. The first-order valence-corrected chi connectivity index (χ1v) is 7.66. The first-order chi connectivity index (χ1) is 9.58. The van der Waals surface area contributed by atoms with Crippen LogP contribution in [0.3, 0.4) is 0 Å². The van der Waals surface area contributed by atoms with Gasteiger partial charge in [-0.05, 0) is 42.9 Å². The number of amides is 1. The summed E-state index contributed by atoms with van der Waals surface area (Å²) in [6.07, 6.45) is 2.20. The van der Waals surface area contributed by atoms with Crippen molar-refractivity contribution in [3.63, 3.8) is 0 Å². The SMILES string of the molecule is O=C(O)[C@@H]1CCCN1C(=O)[C@@H]1C[C@H]1c1cccc(Br)c1. The maximum atomic E-state index is 12.4. The number of benzene rings is 1. The fourth-order valence-electron chi connectivity index (χ4n) is 3.07. The van der Waals surface area contributed by atoms with Crippen LogP contribution in [0.2, 0.25) is 0 Å². The van der Waals surface area contributed by atoms with Crippen LogP contribution < -0.4 is 0 Å². The van der Waals surface area contributed by atoms with Crippen molar-refractivity contribution in [3.8, 4) is 0 Å². The smallest absolute Gasteiger partial charge is 0.326 e. The van der Waals surface area contributed by atoms with Crippen LogP contribution in [-0.4, -0.2) is 34.5 Å². The summed E-state index contributed by atoms with van der Waals surface area (Å²) < 4.78 is 1.01. The highest BCUT2D eigenvalue weighted by molar-refractivity contribution is 9.10. The summed E-state index contributed by atoms with van der Waals surface area (Å²) in [7, 11) is 0. The molecule has 0 unspecified atom stereocenters. The van der Waals surface area contributed by atoms with E-state index in [1.807, 2.05) is 24.3 Å². The Labute approximate surface area is 125 Å². The average Bonchev–Trinajstić information content (AvgIpc) is 3.06. The third-order valence-corrected chi connectivity index (χ3v) is 4.70. The zero-order chi connectivity index (χ0) is 14.3. The van der Waals surface area contributed by atoms with Crippen molar-refractivity contribution in [1.29, 1.82) is 0 Å². The fraction of sp³-hybridized carbons (Fsp3) is 0.467. The maximum Gasteiger partial charge on any atom is 0.326 e. The van der Waals surface area contributed by atoms with E-state index in [-0.39, 0.29) is 17.7 Å². The van der Waals surface area contributed by atoms with Gasteiger partial charge in [-0.1, -0.05) is 28.1 Å². The van der Waals surface area contributed by atoms with E-state index in [4.69, 9.17) is 5.11 Å². The number of hydrogen-bond donors (Lipinski definition) is 1. The van der Waals surface area contributed by atoms with Gasteiger partial charge in [0.1, 0.15) is 6.04 Å². The lowest BCUT2D eigenvalue weighted by molar-refractivity contribution is -0.148. The second kappa shape index (κ2) is 5.20. The van der Waals surface area contributed by atoms with Crippen LogP contribution in [0, 0.1) is 5.92 Å². The van der Waals surface area contributed by atoms with Crippen molar-refractivity contribution in [2.24, 2.45) is 5.92 Å². The molecule has 2 fully saturated rings. The lowest BCUT2D eigenvalue weighted by Crippen LogP contribution is -2.41. The third kappa shape index (κ3) is 2.46. The van der Waals surface area contributed by atoms with Gasteiger partial charge in [-0.25, -0.2) is 4.79 Å². The largest absolute Gasteiger partial charge is 0.480 e. The molecule has 0 aromatic heterocycles. The van der Waals surface area contributed by atoms with Crippen molar-refractivity contribution in [2.75, 3.05) is 6.54 Å². The minimum Gasteiger partial charge on any atom is -0.480 e. The van der Waals surface area contributed by atoms with E-state index in [2.05, 4.69) is 15.9 Å². The molecule has 1 aliphatic carbocycles. The number of likely N-dealkylation sites (tertiary alicyclic amines) is 1. The monoisotopic (exact) mass is 337 g/mol. The molecule has 106 valence electrons. The molecule has 0 radical (unpaired) electrons. The highest BCUT2D eigenvalue weighted by Gasteiger charge is 2.48. The van der Waals surface area contributed by atoms with Gasteiger partial charge >= 0.3 is 5.97 Å². The predicted molar refractivity (Wildman–Crippen MR) is 77.4 cm³/mol. The first kappa shape index (κ1) is 13.6. The molecule has 1 heterocycles. The molecule has 0 bridgehead atoms. The molecule has 3 atom stereocenters. The van der Waals surface area contributed by atoms with E-state index >= 15 is 0 Å². The maximum absolute atomic E-state index is 12.4. The van der Waals surface area contributed by atoms with Crippen molar-refractivity contribution in [1.82, 2.24) is 4.90 Å². The van der Waals surface area contributed by atoms with Gasteiger partial charge in [0, 0.05) is 16.9 Å². The van der Waals surface area contributed by atoms with E-state index < -0.39 is 12.0 Å². The number of nitrogens with zero attached hydrogens (tertiary/aromatic N) is 1. The fourth-order valence-corrected chi connectivity index (χ4v) is 3.49. The Bertz CT molecular complexity index is 560. The van der Waals surface area contributed by atoms with Crippen molar-refractivity contribution < 1.29 is 14.7 Å². The van der Waals surface area contributed by atoms with Gasteiger partial charge < -0.3 is 10.0 Å². The minimum atomic E-state index is -0.879. The van der Waals surface area contributed by atoms with Gasteiger partial charge in [0.05, 0.1) is 0 Å². The summed E-state index contributed by atoms with van der Waals surface area (Å²) in [5.41, 5.74) is 1.16. The molecular formula is C15H16BrNO3. The predicted octanol–water partition coefficient (Wildman–Crippen LogP) is 2.63. The number of carbonyl (C=O) groups is 2. The molecule has 1 N–H and O–H groups in total. The minimum absolute atomic E-state index is 0.0138. The number of carboxylic acid groups (broad SMARTS) is 1. The van der Waals surface area contributed by atoms with Crippen LogP contribution in [0.5, 0.6) is 0 Å². The van der Waals surface area contributed by atoms with Gasteiger partial charge in [-0.2, -0.15) is 0 Å². The topological polar surface area (TPSA) is 57.6 Å². The molecule has 1 saturated heterocycles. The van der Waals surface area contributed by atoms with Gasteiger partial charge in [0.25, 0.3) is 0 Å². The van der Waals surface area contributed by atoms with E-state index in [0.717, 1.165) is 22.9 Å². The molecule has 0 spiro atoms. The van der Waals surface area contributed by atoms with Gasteiger partial charge in [0.2, 0.25) is 5.91 Å². The Morgan fingerprint density at radius 2 is 2.15 bits per heavy atom. The lowest BCUT2D eigenvalue weighted by Gasteiger charge is -2.21. The van der Waals surface area contributed by atoms with E-state index in [1.54, 1.807) is 4.90 Å². The summed E-state index contributed by atoms with van der Waals surface area (Å²) in [5, 5.41) is 9.15. The van der Waals surface area contributed by atoms with Crippen molar-refractivity contribution >= 4 is 27.8 Å². The molecule has 20 heavy (non-hydrogen) atoms. The molecule has 1 aromatic rings. The summed E-state index contributed by atoms with van der Waals surface area (Å²) in [6, 6.07) is 7.38. The Kier molecular flexibility index (Phi) is 3.54. The summed E-state index contributed by atoms with van der Waals surface area (Å²) >= 11 is 3.44. The Hall–Kier alpha value is -1.36. The van der Waals surface area contributed by atoms with Crippen molar-refractivity contribution in [2.45, 2.75) is 31.2 Å². The quantitative estimate of drug-likeness (QED) is 0.922. The van der Waals surface area contributed by atoms with Crippen LogP contribution in [0.4, 0.5) is 0 Å². The molecule has 1 amide bonds. The molecule has 5 heteroatoms. The van der Waals surface area contributed by atoms with Crippen LogP contribution >= 0.6 is 15.9 Å². The third-order valence-electron chi connectivity index (χ3n) is 4.21. The standard InChI is InChI=1S/C15H16BrNO3/c16-10-4-1-3-9(7-10)11-8-12(11)14(18)17-6-2-5-13(17)15(19)20/h1,3-4,7,11-13H,2,5-6,8H2,(H,19,20)/t11-,12+,13-/m0/s1. The number of carboxylic acids is 1. The number of hydrogen-bond acceptors (Lipinski definition) is 2. The molecule has 4 nitrogen and oxygen atoms in total. The summed E-state index contributed by atoms with van der Waals surface area (Å²) in [4.78, 5) is 25.2. The summed E-state index contributed by atoms with van der Waals surface area (Å²) in [6.45, 7) is 0.581. The van der Waals surface area contributed by atoms with Crippen LogP contribution in [0.1, 0.15) is 30.7 Å². The van der Waals surface area contributed by atoms with Gasteiger partial charge in [-0.3, -0.25) is 4.79 Å². The molecule has 2 aliphatic rings. The zero-order valence-corrected chi connectivity index (χ0v) is 12.5. The molecular weight excluding hydrogens is 322 g/mol. The number of halogens is 1. The van der Waals surface area contributed by atoms with E-state index in [9.17, 15) is 9.59 Å². The molecule has 1 aliphatic heterocycles. The number of aliphatic carboxylic acids is 1. The van der Waals surface area contributed by atoms with Crippen LogP contribution in [0.25, 0.3) is 0 Å². The van der Waals surface area contributed by atoms with Gasteiger partial charge in [0.15, 0.2) is 0 Å². The second-order valence-corrected chi connectivity index (χ2v) is 6.45.